The Hall–Kier alpha value is -1.03. The minimum absolute atomic E-state index is 0.320. The highest BCUT2D eigenvalue weighted by Crippen LogP contribution is 2.00. The molecule has 0 saturated heterocycles. The lowest BCUT2D eigenvalue weighted by Crippen LogP contribution is -2.25. The van der Waals surface area contributed by atoms with Gasteiger partial charge in [0.1, 0.15) is 6.61 Å². The predicted octanol–water partition coefficient (Wildman–Crippen LogP) is 2.70. The summed E-state index contributed by atoms with van der Waals surface area (Å²) in [5.74, 6) is 0. The predicted molar refractivity (Wildman–Crippen MR) is 63.0 cm³/mol. The molecule has 0 radical (unpaired) electrons. The molecule has 0 bridgehead atoms. The molecule has 1 aromatic rings. The lowest BCUT2D eigenvalue weighted by atomic mass is 10.2. The Morgan fingerprint density at radius 1 is 1.33 bits per heavy atom. The maximum atomic E-state index is 11.1. The zero-order valence-electron chi connectivity index (χ0n) is 8.41. The zero-order chi connectivity index (χ0) is 10.9. The molecule has 3 nitrogen and oxygen atoms in total. The van der Waals surface area contributed by atoms with E-state index in [0.29, 0.717) is 13.2 Å². The molecule has 1 amide bonds. The van der Waals surface area contributed by atoms with Crippen molar-refractivity contribution in [2.75, 3.05) is 11.9 Å². The summed E-state index contributed by atoms with van der Waals surface area (Å²) in [6, 6.07) is 9.61. The highest BCUT2D eigenvalue weighted by Gasteiger charge is 2.00. The van der Waals surface area contributed by atoms with Crippen LogP contribution >= 0.6 is 15.9 Å². The number of hydrogen-bond acceptors (Lipinski definition) is 2. The molecule has 0 atom stereocenters. The van der Waals surface area contributed by atoms with E-state index in [1.54, 1.807) is 0 Å². The van der Waals surface area contributed by atoms with E-state index in [1.807, 2.05) is 30.3 Å². The van der Waals surface area contributed by atoms with Crippen molar-refractivity contribution in [1.82, 2.24) is 5.32 Å². The SMILES string of the molecule is O=C(N[13CH2]CCBr)OCc1ccccc1. The van der Waals surface area contributed by atoms with E-state index in [-0.39, 0.29) is 6.09 Å². The van der Waals surface area contributed by atoms with Gasteiger partial charge in [-0.3, -0.25) is 0 Å². The summed E-state index contributed by atoms with van der Waals surface area (Å²) in [4.78, 5) is 11.1. The smallest absolute Gasteiger partial charge is 0.407 e. The zero-order valence-corrected chi connectivity index (χ0v) is 10.00. The number of carbonyl (C=O) groups is 1. The van der Waals surface area contributed by atoms with Crippen molar-refractivity contribution < 1.29 is 9.53 Å². The molecule has 0 aliphatic heterocycles. The second-order valence-electron chi connectivity index (χ2n) is 3.03. The number of alkyl carbamates (subject to hydrolysis) is 1. The van der Waals surface area contributed by atoms with E-state index >= 15 is 0 Å². The van der Waals surface area contributed by atoms with Gasteiger partial charge in [0.2, 0.25) is 0 Å². The molecule has 0 aliphatic carbocycles. The largest absolute Gasteiger partial charge is 0.445 e. The Kier molecular flexibility index (Phi) is 5.85. The van der Waals surface area contributed by atoms with Crippen LogP contribution in [-0.2, 0) is 11.3 Å². The number of hydrogen-bond donors (Lipinski definition) is 1. The number of carbonyl (C=O) groups excluding carboxylic acids is 1. The van der Waals surface area contributed by atoms with Gasteiger partial charge in [-0.25, -0.2) is 4.79 Å². The number of benzene rings is 1. The first-order chi connectivity index (χ1) is 7.33. The van der Waals surface area contributed by atoms with Crippen molar-refractivity contribution >= 4 is 22.0 Å². The van der Waals surface area contributed by atoms with Crippen LogP contribution in [0.25, 0.3) is 0 Å². The van der Waals surface area contributed by atoms with Crippen LogP contribution < -0.4 is 5.32 Å². The Morgan fingerprint density at radius 2 is 2.07 bits per heavy atom. The van der Waals surface area contributed by atoms with E-state index in [2.05, 4.69) is 21.2 Å². The third-order valence-electron chi connectivity index (χ3n) is 1.79. The molecule has 0 aliphatic rings. The van der Waals surface area contributed by atoms with Gasteiger partial charge in [-0.15, -0.1) is 0 Å². The first-order valence-corrected chi connectivity index (χ1v) is 5.95. The fraction of sp³-hybridized carbons (Fsp3) is 0.364. The molecule has 4 heteroatoms. The van der Waals surface area contributed by atoms with Crippen LogP contribution in [0, 0.1) is 0 Å². The van der Waals surface area contributed by atoms with Crippen molar-refractivity contribution in [2.24, 2.45) is 0 Å². The van der Waals surface area contributed by atoms with Crippen LogP contribution in [0.15, 0.2) is 30.3 Å². The van der Waals surface area contributed by atoms with Crippen LogP contribution in [0.3, 0.4) is 0 Å². The van der Waals surface area contributed by atoms with Crippen LogP contribution in [0.1, 0.15) is 12.0 Å². The number of alkyl halides is 1. The molecule has 0 unspecified atom stereocenters. The third-order valence-corrected chi connectivity index (χ3v) is 2.35. The van der Waals surface area contributed by atoms with Gasteiger partial charge in [-0.1, -0.05) is 46.3 Å². The van der Waals surface area contributed by atoms with Crippen LogP contribution in [0.4, 0.5) is 4.79 Å². The molecule has 0 saturated carbocycles. The summed E-state index contributed by atoms with van der Waals surface area (Å²) in [5, 5.41) is 3.54. The molecule has 1 N–H and O–H groups in total. The molecule has 82 valence electrons. The van der Waals surface area contributed by atoms with Gasteiger partial charge in [0.05, 0.1) is 0 Å². The Bertz CT molecular complexity index is 290. The lowest BCUT2D eigenvalue weighted by Gasteiger charge is -2.05. The van der Waals surface area contributed by atoms with E-state index in [9.17, 15) is 4.79 Å². The highest BCUT2D eigenvalue weighted by atomic mass is 79.9. The molecule has 0 spiro atoms. The van der Waals surface area contributed by atoms with E-state index in [0.717, 1.165) is 17.3 Å². The average Bonchev–Trinajstić information content (AvgIpc) is 2.28. The molecule has 1 aromatic carbocycles. The molecule has 1 rings (SSSR count). The Balaban J connectivity index is 2.17. The van der Waals surface area contributed by atoms with Crippen LogP contribution in [-0.4, -0.2) is 18.0 Å². The number of nitrogens with one attached hydrogen (secondary N) is 1. The molecular formula is C11H14BrNO2. The van der Waals surface area contributed by atoms with Gasteiger partial charge in [-0.05, 0) is 12.0 Å². The number of ether oxygens (including phenoxy) is 1. The van der Waals surface area contributed by atoms with Crippen molar-refractivity contribution in [3.63, 3.8) is 0 Å². The quantitative estimate of drug-likeness (QED) is 0.509. The third kappa shape index (κ3) is 5.42. The fourth-order valence-corrected chi connectivity index (χ4v) is 1.31. The van der Waals surface area contributed by atoms with Gasteiger partial charge in [0.15, 0.2) is 0 Å². The molecule has 15 heavy (non-hydrogen) atoms. The summed E-state index contributed by atoms with van der Waals surface area (Å²) in [6.07, 6.45) is 0.542. The second kappa shape index (κ2) is 7.29. The molecular weight excluding hydrogens is 259 g/mol. The monoisotopic (exact) mass is 272 g/mol. The minimum atomic E-state index is -0.361. The minimum Gasteiger partial charge on any atom is -0.445 e. The second-order valence-corrected chi connectivity index (χ2v) is 3.82. The van der Waals surface area contributed by atoms with Crippen molar-refractivity contribution in [3.8, 4) is 0 Å². The number of halogens is 1. The summed E-state index contributed by atoms with van der Waals surface area (Å²) >= 11 is 3.28. The van der Waals surface area contributed by atoms with Gasteiger partial charge >= 0.3 is 6.09 Å². The first-order valence-electron chi connectivity index (χ1n) is 4.83. The van der Waals surface area contributed by atoms with E-state index in [4.69, 9.17) is 4.74 Å². The van der Waals surface area contributed by atoms with Crippen molar-refractivity contribution in [3.05, 3.63) is 35.9 Å². The number of amides is 1. The molecule has 0 aromatic heterocycles. The standard InChI is InChI=1S/C11H14BrNO2/c12-7-4-8-13-11(14)15-9-10-5-2-1-3-6-10/h1-3,5-6H,4,7-9H2,(H,13,14)/i8+1. The van der Waals surface area contributed by atoms with Gasteiger partial charge in [0, 0.05) is 11.9 Å². The van der Waals surface area contributed by atoms with E-state index < -0.39 is 0 Å². The molecule has 0 heterocycles. The van der Waals surface area contributed by atoms with Crippen molar-refractivity contribution in [1.29, 1.82) is 0 Å². The molecule has 0 fully saturated rings. The summed E-state index contributed by atoms with van der Waals surface area (Å²) in [6.45, 7) is 0.958. The summed E-state index contributed by atoms with van der Waals surface area (Å²) in [7, 11) is 0. The van der Waals surface area contributed by atoms with Gasteiger partial charge < -0.3 is 10.1 Å². The summed E-state index contributed by atoms with van der Waals surface area (Å²) in [5.41, 5.74) is 0.994. The first kappa shape index (κ1) is 12.0. The Labute approximate surface area is 97.9 Å². The van der Waals surface area contributed by atoms with Crippen LogP contribution in [0.2, 0.25) is 0 Å². The van der Waals surface area contributed by atoms with Crippen LogP contribution in [0.5, 0.6) is 0 Å². The lowest BCUT2D eigenvalue weighted by molar-refractivity contribution is 0.139. The average molecular weight is 273 g/mol. The highest BCUT2D eigenvalue weighted by molar-refractivity contribution is 9.09. The van der Waals surface area contributed by atoms with Crippen molar-refractivity contribution in [2.45, 2.75) is 13.0 Å². The fourth-order valence-electron chi connectivity index (χ4n) is 1.03. The maximum absolute atomic E-state index is 11.1. The van der Waals surface area contributed by atoms with Gasteiger partial charge in [0.25, 0.3) is 0 Å². The van der Waals surface area contributed by atoms with E-state index in [1.165, 1.54) is 0 Å². The summed E-state index contributed by atoms with van der Waals surface area (Å²) < 4.78 is 5.01. The topological polar surface area (TPSA) is 38.3 Å². The normalized spacial score (nSPS) is 9.67. The maximum Gasteiger partial charge on any atom is 0.407 e. The Morgan fingerprint density at radius 3 is 2.73 bits per heavy atom. The van der Waals surface area contributed by atoms with Gasteiger partial charge in [-0.2, -0.15) is 0 Å². The number of rotatable bonds is 5.